The number of aliphatic hydroxyl groups is 1. The number of halogens is 1. The Morgan fingerprint density at radius 3 is 2.72 bits per heavy atom. The number of fused-ring (bicyclic) bond motifs is 1. The zero-order valence-electron chi connectivity index (χ0n) is 19.9. The number of pyridine rings is 2. The number of alkyl halides is 1. The molecular weight excluding hydrogens is 471 g/mol. The zero-order valence-corrected chi connectivity index (χ0v) is 19.9. The Hall–Kier alpha value is -4.31. The predicted octanol–water partition coefficient (Wildman–Crippen LogP) is 1.39. The summed E-state index contributed by atoms with van der Waals surface area (Å²) in [5, 5.41) is 29.6. The minimum atomic E-state index is -1.68. The molecule has 3 aromatic heterocycles. The maximum absolute atomic E-state index is 14.2. The van der Waals surface area contributed by atoms with E-state index in [0.717, 1.165) is 0 Å². The van der Waals surface area contributed by atoms with E-state index in [1.807, 2.05) is 6.07 Å². The lowest BCUT2D eigenvalue weighted by atomic mass is 10.0. The van der Waals surface area contributed by atoms with Crippen LogP contribution < -0.4 is 10.6 Å². The van der Waals surface area contributed by atoms with Crippen molar-refractivity contribution in [3.63, 3.8) is 0 Å². The maximum Gasteiger partial charge on any atom is 0.409 e. The fourth-order valence-corrected chi connectivity index (χ4v) is 3.61. The first-order chi connectivity index (χ1) is 17.1. The van der Waals surface area contributed by atoms with E-state index >= 15 is 0 Å². The molecule has 1 atom stereocenters. The van der Waals surface area contributed by atoms with Gasteiger partial charge in [-0.05, 0) is 19.9 Å². The van der Waals surface area contributed by atoms with Crippen molar-refractivity contribution in [3.8, 4) is 11.9 Å². The first kappa shape index (κ1) is 24.8. The molecule has 0 aliphatic carbocycles. The summed E-state index contributed by atoms with van der Waals surface area (Å²) in [5.74, 6) is -0.236. The van der Waals surface area contributed by atoms with Gasteiger partial charge in [-0.3, -0.25) is 4.79 Å². The third-order valence-corrected chi connectivity index (χ3v) is 5.77. The van der Waals surface area contributed by atoms with Crippen LogP contribution in [0.4, 0.5) is 14.9 Å². The molecule has 13 heteroatoms. The fourth-order valence-electron chi connectivity index (χ4n) is 3.61. The van der Waals surface area contributed by atoms with Gasteiger partial charge in [0.15, 0.2) is 11.5 Å². The number of likely N-dealkylation sites (tertiary alicyclic amines) is 1. The highest BCUT2D eigenvalue weighted by Gasteiger charge is 2.32. The molecule has 188 valence electrons. The van der Waals surface area contributed by atoms with E-state index in [-0.39, 0.29) is 11.6 Å². The molecule has 0 unspecified atom stereocenters. The van der Waals surface area contributed by atoms with Crippen LogP contribution in [0.2, 0.25) is 0 Å². The highest BCUT2D eigenvalue weighted by Crippen LogP contribution is 2.24. The fraction of sp³-hybridized carbons (Fsp3) is 0.391. The molecule has 3 N–H and O–H groups in total. The van der Waals surface area contributed by atoms with Crippen molar-refractivity contribution >= 4 is 28.7 Å². The molecule has 1 fully saturated rings. The normalized spacial score (nSPS) is 14.6. The van der Waals surface area contributed by atoms with E-state index in [9.17, 15) is 19.1 Å². The number of nitrogens with zero attached hydrogens (tertiary/aromatic N) is 6. The van der Waals surface area contributed by atoms with Gasteiger partial charge in [0.1, 0.15) is 12.2 Å². The van der Waals surface area contributed by atoms with E-state index in [4.69, 9.17) is 10.00 Å². The molecule has 1 aliphatic heterocycles. The van der Waals surface area contributed by atoms with Crippen LogP contribution >= 0.6 is 0 Å². The molecule has 2 amide bonds. The SMILES string of the molecule is COC(=O)N1CC(Nc2cc(-n3ncc4cc(C#N)cnc43)ncc2C(=O)NC[C@@H](F)C(C)(C)O)C1. The predicted molar refractivity (Wildman–Crippen MR) is 126 cm³/mol. The second kappa shape index (κ2) is 9.74. The Bertz CT molecular complexity index is 1340. The third-order valence-electron chi connectivity index (χ3n) is 5.77. The van der Waals surface area contributed by atoms with Gasteiger partial charge < -0.3 is 25.4 Å². The summed E-state index contributed by atoms with van der Waals surface area (Å²) in [4.78, 5) is 34.7. The summed E-state index contributed by atoms with van der Waals surface area (Å²) in [7, 11) is 1.30. The van der Waals surface area contributed by atoms with Crippen molar-refractivity contribution in [3.05, 3.63) is 41.9 Å². The minimum absolute atomic E-state index is 0.148. The molecule has 12 nitrogen and oxygen atoms in total. The molecule has 1 saturated heterocycles. The largest absolute Gasteiger partial charge is 0.453 e. The van der Waals surface area contributed by atoms with Crippen molar-refractivity contribution in [1.29, 1.82) is 5.26 Å². The van der Waals surface area contributed by atoms with Crippen molar-refractivity contribution in [2.45, 2.75) is 31.7 Å². The van der Waals surface area contributed by atoms with Crippen LogP contribution in [0.3, 0.4) is 0 Å². The summed E-state index contributed by atoms with van der Waals surface area (Å²) < 4.78 is 20.4. The lowest BCUT2D eigenvalue weighted by Crippen LogP contribution is -2.57. The quantitative estimate of drug-likeness (QED) is 0.439. The monoisotopic (exact) mass is 496 g/mol. The number of anilines is 1. The average Bonchev–Trinajstić information content (AvgIpc) is 3.26. The van der Waals surface area contributed by atoms with Crippen LogP contribution in [0.1, 0.15) is 29.8 Å². The standard InChI is InChI=1S/C23H25FN8O4/c1-23(2,35)18(24)10-28-21(33)16-9-26-19(5-17(16)30-15-11-31(12-15)22(34)36-3)32-20-14(8-29-32)4-13(6-25)7-27-20/h4-5,7-9,15,18,35H,10-12H2,1-3H3,(H,26,30)(H,28,33)/t18-/m1/s1. The van der Waals surface area contributed by atoms with Crippen molar-refractivity contribution in [2.24, 2.45) is 0 Å². The average molecular weight is 497 g/mol. The van der Waals surface area contributed by atoms with E-state index < -0.39 is 30.3 Å². The van der Waals surface area contributed by atoms with Crippen LogP contribution in [-0.2, 0) is 4.74 Å². The number of rotatable bonds is 7. The number of hydrogen-bond donors (Lipinski definition) is 3. The van der Waals surface area contributed by atoms with Gasteiger partial charge in [0, 0.05) is 36.9 Å². The number of amides is 2. The highest BCUT2D eigenvalue weighted by molar-refractivity contribution is 5.99. The smallest absolute Gasteiger partial charge is 0.409 e. The zero-order chi connectivity index (χ0) is 26.0. The summed E-state index contributed by atoms with van der Waals surface area (Å²) in [6.45, 7) is 2.97. The molecule has 0 radical (unpaired) electrons. The van der Waals surface area contributed by atoms with Crippen molar-refractivity contribution < 1.29 is 23.8 Å². The number of carbonyl (C=O) groups is 2. The second-order valence-electron chi connectivity index (χ2n) is 8.94. The number of methoxy groups -OCH3 is 1. The number of ether oxygens (including phenoxy) is 1. The van der Waals surface area contributed by atoms with Crippen LogP contribution in [0.25, 0.3) is 16.9 Å². The number of nitrogens with one attached hydrogen (secondary N) is 2. The van der Waals surface area contributed by atoms with Gasteiger partial charge in [0.25, 0.3) is 5.91 Å². The summed E-state index contributed by atoms with van der Waals surface area (Å²) in [5.41, 5.74) is -0.214. The lowest BCUT2D eigenvalue weighted by molar-refractivity contribution is -0.00178. The van der Waals surface area contributed by atoms with Crippen molar-refractivity contribution in [2.75, 3.05) is 32.1 Å². The highest BCUT2D eigenvalue weighted by atomic mass is 19.1. The third kappa shape index (κ3) is 5.03. The Morgan fingerprint density at radius 1 is 1.31 bits per heavy atom. The van der Waals surface area contributed by atoms with Crippen LogP contribution in [0, 0.1) is 11.3 Å². The topological polar surface area (TPSA) is 158 Å². The van der Waals surface area contributed by atoms with Crippen molar-refractivity contribution in [1.82, 2.24) is 30.0 Å². The number of carbonyl (C=O) groups excluding carboxylic acids is 2. The van der Waals surface area contributed by atoms with E-state index in [1.54, 1.807) is 18.3 Å². The van der Waals surface area contributed by atoms with Gasteiger partial charge in [0.2, 0.25) is 0 Å². The Balaban J connectivity index is 1.62. The first-order valence-electron chi connectivity index (χ1n) is 11.1. The molecule has 0 aromatic carbocycles. The molecule has 0 saturated carbocycles. The minimum Gasteiger partial charge on any atom is -0.453 e. The maximum atomic E-state index is 14.2. The Morgan fingerprint density at radius 2 is 2.06 bits per heavy atom. The van der Waals surface area contributed by atoms with Gasteiger partial charge in [-0.1, -0.05) is 0 Å². The molecular formula is C23H25FN8O4. The molecule has 0 bridgehead atoms. The Kier molecular flexibility index (Phi) is 6.71. The molecule has 1 aliphatic rings. The number of nitriles is 1. The first-order valence-corrected chi connectivity index (χ1v) is 11.1. The summed E-state index contributed by atoms with van der Waals surface area (Å²) >= 11 is 0. The van der Waals surface area contributed by atoms with Gasteiger partial charge in [-0.25, -0.2) is 19.2 Å². The molecule has 3 aromatic rings. The van der Waals surface area contributed by atoms with E-state index in [2.05, 4.69) is 25.7 Å². The molecule has 36 heavy (non-hydrogen) atoms. The Labute approximate surface area is 205 Å². The van der Waals surface area contributed by atoms with Gasteiger partial charge in [-0.2, -0.15) is 15.0 Å². The second-order valence-corrected chi connectivity index (χ2v) is 8.94. The van der Waals surface area contributed by atoms with Crippen LogP contribution in [-0.4, -0.2) is 86.3 Å². The van der Waals surface area contributed by atoms with Gasteiger partial charge >= 0.3 is 6.09 Å². The molecule has 4 heterocycles. The summed E-state index contributed by atoms with van der Waals surface area (Å²) in [6, 6.07) is 5.12. The van der Waals surface area contributed by atoms with Gasteiger partial charge in [-0.15, -0.1) is 0 Å². The number of aromatic nitrogens is 4. The lowest BCUT2D eigenvalue weighted by Gasteiger charge is -2.39. The molecule has 0 spiro atoms. The molecule has 4 rings (SSSR count). The van der Waals surface area contributed by atoms with E-state index in [0.29, 0.717) is 41.2 Å². The van der Waals surface area contributed by atoms with Crippen LogP contribution in [0.5, 0.6) is 0 Å². The summed E-state index contributed by atoms with van der Waals surface area (Å²) in [6.07, 6.45) is 2.18. The van der Waals surface area contributed by atoms with Gasteiger partial charge in [0.05, 0.1) is 48.3 Å². The van der Waals surface area contributed by atoms with E-state index in [1.165, 1.54) is 42.9 Å². The number of hydrogen-bond acceptors (Lipinski definition) is 9. The van der Waals surface area contributed by atoms with Crippen LogP contribution in [0.15, 0.2) is 30.7 Å².